The molecule has 7 heteroatoms. The monoisotopic (exact) mass is 407 g/mol. The van der Waals surface area contributed by atoms with E-state index < -0.39 is 10.0 Å². The summed E-state index contributed by atoms with van der Waals surface area (Å²) in [6, 6.07) is 14.8. The lowest BCUT2D eigenvalue weighted by Gasteiger charge is -2.10. The molecule has 0 aliphatic heterocycles. The molecule has 0 amide bonds. The first-order chi connectivity index (χ1) is 13.9. The Morgan fingerprint density at radius 1 is 1.03 bits per heavy atom. The molecule has 4 aromatic rings. The fourth-order valence-electron chi connectivity index (χ4n) is 3.16. The number of rotatable bonds is 6. The third-order valence-corrected chi connectivity index (χ3v) is 6.26. The molecule has 29 heavy (non-hydrogen) atoms. The van der Waals surface area contributed by atoms with Crippen LogP contribution in [-0.2, 0) is 16.4 Å². The van der Waals surface area contributed by atoms with Crippen molar-refractivity contribution in [2.45, 2.75) is 25.2 Å². The molecule has 0 fully saturated rings. The van der Waals surface area contributed by atoms with Gasteiger partial charge in [-0.25, -0.2) is 18.1 Å². The Bertz CT molecular complexity index is 1260. The smallest absolute Gasteiger partial charge is 0.241 e. The maximum Gasteiger partial charge on any atom is 0.241 e. The summed E-state index contributed by atoms with van der Waals surface area (Å²) >= 11 is 0. The molecule has 0 spiro atoms. The number of sulfonamides is 1. The lowest BCUT2D eigenvalue weighted by molar-refractivity contribution is 0.570. The molecule has 6 nitrogen and oxygen atoms in total. The van der Waals surface area contributed by atoms with Gasteiger partial charge in [0.2, 0.25) is 15.9 Å². The summed E-state index contributed by atoms with van der Waals surface area (Å²) in [7, 11) is -3.67. The Morgan fingerprint density at radius 2 is 1.83 bits per heavy atom. The molecule has 1 N–H and O–H groups in total. The van der Waals surface area contributed by atoms with Crippen LogP contribution in [0.3, 0.4) is 0 Å². The predicted octanol–water partition coefficient (Wildman–Crippen LogP) is 4.03. The first kappa shape index (κ1) is 19.3. The highest BCUT2D eigenvalue weighted by Gasteiger charge is 2.18. The highest BCUT2D eigenvalue weighted by molar-refractivity contribution is 7.89. The molecule has 0 unspecified atom stereocenters. The maximum atomic E-state index is 12.8. The van der Waals surface area contributed by atoms with Crippen LogP contribution >= 0.6 is 0 Å². The Hall–Kier alpha value is -3.03. The lowest BCUT2D eigenvalue weighted by Crippen LogP contribution is -2.26. The standard InChI is InChI=1S/C22H21N3O3S/c1-15-5-8-17(9-6-15)22-25-18(14-28-22)11-13-24-29(26,27)20-10-7-16(2)21-19(20)4-3-12-23-21/h3-10,12,14,24H,11,13H2,1-2H3. The second kappa shape index (κ2) is 7.77. The van der Waals surface area contributed by atoms with E-state index in [1.807, 2.05) is 38.1 Å². The Morgan fingerprint density at radius 3 is 2.62 bits per heavy atom. The number of hydrogen-bond donors (Lipinski definition) is 1. The molecule has 2 aromatic carbocycles. The zero-order chi connectivity index (χ0) is 20.4. The molecular weight excluding hydrogens is 386 g/mol. The van der Waals surface area contributed by atoms with Gasteiger partial charge in [0.05, 0.1) is 16.1 Å². The molecule has 2 heterocycles. The average Bonchev–Trinajstić information content (AvgIpc) is 3.17. The van der Waals surface area contributed by atoms with E-state index in [0.717, 1.165) is 16.7 Å². The van der Waals surface area contributed by atoms with Crippen LogP contribution < -0.4 is 4.72 Å². The van der Waals surface area contributed by atoms with E-state index in [4.69, 9.17) is 4.42 Å². The fraction of sp³-hybridized carbons (Fsp3) is 0.182. The SMILES string of the molecule is Cc1ccc(-c2nc(CCNS(=O)(=O)c3ccc(C)c4ncccc34)co2)cc1. The third-order valence-electron chi connectivity index (χ3n) is 4.74. The molecule has 0 atom stereocenters. The highest BCUT2D eigenvalue weighted by Crippen LogP contribution is 2.24. The van der Waals surface area contributed by atoms with E-state index in [-0.39, 0.29) is 11.4 Å². The second-order valence-corrected chi connectivity index (χ2v) is 8.67. The van der Waals surface area contributed by atoms with Crippen molar-refractivity contribution in [3.63, 3.8) is 0 Å². The number of benzene rings is 2. The van der Waals surface area contributed by atoms with E-state index in [0.29, 0.717) is 28.9 Å². The number of aromatic nitrogens is 2. The van der Waals surface area contributed by atoms with E-state index >= 15 is 0 Å². The normalized spacial score (nSPS) is 11.8. The number of hydrogen-bond acceptors (Lipinski definition) is 5. The average molecular weight is 407 g/mol. The van der Waals surface area contributed by atoms with Crippen molar-refractivity contribution in [3.8, 4) is 11.5 Å². The van der Waals surface area contributed by atoms with Crippen molar-refractivity contribution in [3.05, 3.63) is 77.8 Å². The van der Waals surface area contributed by atoms with E-state index in [1.54, 1.807) is 36.7 Å². The Balaban J connectivity index is 1.47. The van der Waals surface area contributed by atoms with Gasteiger partial charge < -0.3 is 4.42 Å². The molecule has 0 saturated carbocycles. The van der Waals surface area contributed by atoms with Crippen molar-refractivity contribution in [1.82, 2.24) is 14.7 Å². The summed E-state index contributed by atoms with van der Waals surface area (Å²) in [5.41, 5.74) is 4.37. The van der Waals surface area contributed by atoms with Gasteiger partial charge in [-0.05, 0) is 49.7 Å². The van der Waals surface area contributed by atoms with Crippen molar-refractivity contribution in [2.75, 3.05) is 6.54 Å². The molecular formula is C22H21N3O3S. The molecule has 0 radical (unpaired) electrons. The summed E-state index contributed by atoms with van der Waals surface area (Å²) in [5.74, 6) is 0.526. The first-order valence-corrected chi connectivity index (χ1v) is 10.8. The van der Waals surface area contributed by atoms with Gasteiger partial charge in [0, 0.05) is 30.1 Å². The van der Waals surface area contributed by atoms with Gasteiger partial charge in [0.25, 0.3) is 0 Å². The minimum absolute atomic E-state index is 0.220. The van der Waals surface area contributed by atoms with Crippen molar-refractivity contribution in [1.29, 1.82) is 0 Å². The molecule has 0 bridgehead atoms. The fourth-order valence-corrected chi connectivity index (χ4v) is 4.39. The quantitative estimate of drug-likeness (QED) is 0.522. The summed E-state index contributed by atoms with van der Waals surface area (Å²) in [6.07, 6.45) is 3.65. The predicted molar refractivity (Wildman–Crippen MR) is 112 cm³/mol. The number of nitrogens with zero attached hydrogens (tertiary/aromatic N) is 2. The Labute approximate surface area is 169 Å². The van der Waals surface area contributed by atoms with Crippen LogP contribution in [0.4, 0.5) is 0 Å². The van der Waals surface area contributed by atoms with Gasteiger partial charge in [-0.1, -0.05) is 23.8 Å². The van der Waals surface area contributed by atoms with Crippen LogP contribution in [0.25, 0.3) is 22.4 Å². The van der Waals surface area contributed by atoms with Crippen molar-refractivity contribution < 1.29 is 12.8 Å². The number of pyridine rings is 1. The van der Waals surface area contributed by atoms with Crippen molar-refractivity contribution >= 4 is 20.9 Å². The van der Waals surface area contributed by atoms with Gasteiger partial charge in [0.15, 0.2) is 0 Å². The van der Waals surface area contributed by atoms with Crippen molar-refractivity contribution in [2.24, 2.45) is 0 Å². The third kappa shape index (κ3) is 4.06. The van der Waals surface area contributed by atoms with Crippen LogP contribution in [-0.4, -0.2) is 24.9 Å². The molecule has 0 aliphatic carbocycles. The van der Waals surface area contributed by atoms with Gasteiger partial charge in [-0.15, -0.1) is 0 Å². The topological polar surface area (TPSA) is 85.1 Å². The van der Waals surface area contributed by atoms with Gasteiger partial charge >= 0.3 is 0 Å². The summed E-state index contributed by atoms with van der Waals surface area (Å²) in [5, 5.41) is 0.614. The number of aryl methyl sites for hydroxylation is 2. The zero-order valence-corrected chi connectivity index (χ0v) is 17.0. The Kier molecular flexibility index (Phi) is 5.17. The molecule has 148 valence electrons. The zero-order valence-electron chi connectivity index (χ0n) is 16.2. The van der Waals surface area contributed by atoms with Gasteiger partial charge in [-0.3, -0.25) is 4.98 Å². The first-order valence-electron chi connectivity index (χ1n) is 9.29. The molecule has 4 rings (SSSR count). The van der Waals surface area contributed by atoms with Gasteiger partial charge in [-0.2, -0.15) is 0 Å². The molecule has 0 aliphatic rings. The van der Waals surface area contributed by atoms with E-state index in [2.05, 4.69) is 14.7 Å². The minimum atomic E-state index is -3.67. The highest BCUT2D eigenvalue weighted by atomic mass is 32.2. The summed E-state index contributed by atoms with van der Waals surface area (Å²) in [4.78, 5) is 8.99. The van der Waals surface area contributed by atoms with Crippen LogP contribution in [0, 0.1) is 13.8 Å². The molecule has 0 saturated heterocycles. The van der Waals surface area contributed by atoms with Gasteiger partial charge in [0.1, 0.15) is 6.26 Å². The lowest BCUT2D eigenvalue weighted by atomic mass is 10.1. The van der Waals surface area contributed by atoms with E-state index in [9.17, 15) is 8.42 Å². The molecule has 2 aromatic heterocycles. The summed E-state index contributed by atoms with van der Waals surface area (Å²) < 4.78 is 33.8. The summed E-state index contributed by atoms with van der Waals surface area (Å²) in [6.45, 7) is 4.15. The minimum Gasteiger partial charge on any atom is -0.444 e. The van der Waals surface area contributed by atoms with E-state index in [1.165, 1.54) is 0 Å². The van der Waals surface area contributed by atoms with Crippen LogP contribution in [0.2, 0.25) is 0 Å². The largest absolute Gasteiger partial charge is 0.444 e. The van der Waals surface area contributed by atoms with Crippen LogP contribution in [0.1, 0.15) is 16.8 Å². The van der Waals surface area contributed by atoms with Crippen LogP contribution in [0.15, 0.2) is 70.3 Å². The van der Waals surface area contributed by atoms with Crippen LogP contribution in [0.5, 0.6) is 0 Å². The second-order valence-electron chi connectivity index (χ2n) is 6.94. The maximum absolute atomic E-state index is 12.8. The number of oxazole rings is 1. The number of fused-ring (bicyclic) bond motifs is 1. The number of nitrogens with one attached hydrogen (secondary N) is 1.